The summed E-state index contributed by atoms with van der Waals surface area (Å²) < 4.78 is 19.9. The lowest BCUT2D eigenvalue weighted by Gasteiger charge is -2.08. The predicted octanol–water partition coefficient (Wildman–Crippen LogP) is 2.46. The van der Waals surface area contributed by atoms with Crippen molar-refractivity contribution in [2.75, 3.05) is 7.11 Å². The first kappa shape index (κ1) is 21.2. The molecule has 12 nitrogen and oxygen atoms in total. The summed E-state index contributed by atoms with van der Waals surface area (Å²) in [5.41, 5.74) is 3.38. The Labute approximate surface area is 194 Å². The van der Waals surface area contributed by atoms with Crippen LogP contribution in [0, 0.1) is 6.92 Å². The van der Waals surface area contributed by atoms with Gasteiger partial charge in [-0.2, -0.15) is 10.1 Å². The normalized spacial score (nSPS) is 11.0. The van der Waals surface area contributed by atoms with E-state index in [4.69, 9.17) is 14.0 Å². The van der Waals surface area contributed by atoms with Crippen LogP contribution in [0.4, 0.5) is 0 Å². The molecule has 4 aromatic heterocycles. The zero-order valence-electron chi connectivity index (χ0n) is 18.8. The fraction of sp³-hybridized carbons (Fsp3) is 0.227. The number of aromatic nitrogens is 9. The minimum absolute atomic E-state index is 0.253. The van der Waals surface area contributed by atoms with Crippen molar-refractivity contribution in [1.29, 1.82) is 0 Å². The molecule has 0 aliphatic carbocycles. The Kier molecular flexibility index (Phi) is 5.68. The van der Waals surface area contributed by atoms with E-state index in [1.165, 1.54) is 0 Å². The molecule has 0 saturated carbocycles. The van der Waals surface area contributed by atoms with E-state index in [2.05, 4.69) is 35.7 Å². The molecule has 172 valence electrons. The number of pyridine rings is 1. The molecule has 0 unspecified atom stereocenters. The van der Waals surface area contributed by atoms with Crippen LogP contribution in [0.2, 0.25) is 0 Å². The predicted molar refractivity (Wildman–Crippen MR) is 119 cm³/mol. The van der Waals surface area contributed by atoms with Crippen molar-refractivity contribution in [3.8, 4) is 34.5 Å². The SMILES string of the molecule is COc1ccc(OCc2c(-c3nc(-c4ccc(Cn5nnnc5C)cc4)no3)cnn2C)cn1. The van der Waals surface area contributed by atoms with Gasteiger partial charge in [0.05, 0.1) is 37.3 Å². The van der Waals surface area contributed by atoms with E-state index in [1.54, 1.807) is 41.0 Å². The summed E-state index contributed by atoms with van der Waals surface area (Å²) in [5, 5.41) is 20.0. The summed E-state index contributed by atoms with van der Waals surface area (Å²) in [4.78, 5) is 8.72. The summed E-state index contributed by atoms with van der Waals surface area (Å²) in [6.45, 7) is 2.70. The average Bonchev–Trinajstić information content (AvgIpc) is 3.59. The van der Waals surface area contributed by atoms with E-state index in [1.807, 2.05) is 38.2 Å². The summed E-state index contributed by atoms with van der Waals surface area (Å²) in [7, 11) is 3.40. The van der Waals surface area contributed by atoms with Crippen molar-refractivity contribution in [3.05, 3.63) is 65.9 Å². The molecule has 0 amide bonds. The van der Waals surface area contributed by atoms with Crippen LogP contribution in [0.25, 0.3) is 22.8 Å². The summed E-state index contributed by atoms with van der Waals surface area (Å²) >= 11 is 0. The number of rotatable bonds is 8. The zero-order chi connectivity index (χ0) is 23.5. The highest BCUT2D eigenvalue weighted by atomic mass is 16.5. The third kappa shape index (κ3) is 4.33. The summed E-state index contributed by atoms with van der Waals surface area (Å²) in [6, 6.07) is 11.4. The van der Waals surface area contributed by atoms with Crippen LogP contribution in [0.5, 0.6) is 11.6 Å². The second-order valence-electron chi connectivity index (χ2n) is 7.46. The third-order valence-corrected chi connectivity index (χ3v) is 5.27. The lowest BCUT2D eigenvalue weighted by Crippen LogP contribution is -2.04. The molecule has 0 aliphatic heterocycles. The summed E-state index contributed by atoms with van der Waals surface area (Å²) in [5.74, 6) is 2.73. The molecule has 0 bridgehead atoms. The first-order valence-corrected chi connectivity index (χ1v) is 10.4. The Bertz CT molecular complexity index is 1390. The molecule has 0 saturated heterocycles. The standard InChI is InChI=1S/C22H21N9O3/c1-14-26-28-29-31(14)12-15-4-6-16(7-5-15)21-25-22(34-27-21)18-11-24-30(2)19(18)13-33-17-8-9-20(32-3)23-10-17/h4-11H,12-13H2,1-3H3. The maximum atomic E-state index is 5.86. The molecule has 1 aromatic carbocycles. The fourth-order valence-electron chi connectivity index (χ4n) is 3.31. The maximum Gasteiger partial charge on any atom is 0.261 e. The highest BCUT2D eigenvalue weighted by Crippen LogP contribution is 2.26. The van der Waals surface area contributed by atoms with E-state index >= 15 is 0 Å². The smallest absolute Gasteiger partial charge is 0.261 e. The Morgan fingerprint density at radius 2 is 1.91 bits per heavy atom. The Morgan fingerprint density at radius 1 is 1.06 bits per heavy atom. The molecule has 34 heavy (non-hydrogen) atoms. The number of nitrogens with zero attached hydrogens (tertiary/aromatic N) is 9. The van der Waals surface area contributed by atoms with Gasteiger partial charge in [-0.15, -0.1) is 5.10 Å². The van der Waals surface area contributed by atoms with Crippen molar-refractivity contribution in [1.82, 2.24) is 45.1 Å². The van der Waals surface area contributed by atoms with Gasteiger partial charge in [-0.05, 0) is 29.0 Å². The van der Waals surface area contributed by atoms with Gasteiger partial charge in [0, 0.05) is 18.7 Å². The Morgan fingerprint density at radius 3 is 2.62 bits per heavy atom. The van der Waals surface area contributed by atoms with Gasteiger partial charge in [-0.1, -0.05) is 29.4 Å². The van der Waals surface area contributed by atoms with Crippen molar-refractivity contribution in [2.45, 2.75) is 20.1 Å². The van der Waals surface area contributed by atoms with Crippen molar-refractivity contribution >= 4 is 0 Å². The number of aryl methyl sites for hydroxylation is 2. The summed E-state index contributed by atoms with van der Waals surface area (Å²) in [6.07, 6.45) is 3.28. The van der Waals surface area contributed by atoms with Gasteiger partial charge in [-0.25, -0.2) is 9.67 Å². The molecule has 4 heterocycles. The number of benzene rings is 1. The van der Waals surface area contributed by atoms with E-state index in [0.717, 1.165) is 22.6 Å². The number of hydrogen-bond donors (Lipinski definition) is 0. The fourth-order valence-corrected chi connectivity index (χ4v) is 3.31. The highest BCUT2D eigenvalue weighted by Gasteiger charge is 2.18. The average molecular weight is 459 g/mol. The van der Waals surface area contributed by atoms with E-state index in [0.29, 0.717) is 35.5 Å². The van der Waals surface area contributed by atoms with Gasteiger partial charge in [0.1, 0.15) is 18.2 Å². The van der Waals surface area contributed by atoms with Gasteiger partial charge in [-0.3, -0.25) is 4.68 Å². The molecule has 0 N–H and O–H groups in total. The molecule has 0 atom stereocenters. The van der Waals surface area contributed by atoms with Gasteiger partial charge >= 0.3 is 0 Å². The Hall–Kier alpha value is -4.61. The second kappa shape index (κ2) is 9.10. The minimum atomic E-state index is 0.253. The van der Waals surface area contributed by atoms with E-state index < -0.39 is 0 Å². The van der Waals surface area contributed by atoms with Crippen molar-refractivity contribution < 1.29 is 14.0 Å². The van der Waals surface area contributed by atoms with E-state index in [9.17, 15) is 0 Å². The van der Waals surface area contributed by atoms with Gasteiger partial charge < -0.3 is 14.0 Å². The lowest BCUT2D eigenvalue weighted by molar-refractivity contribution is 0.292. The lowest BCUT2D eigenvalue weighted by atomic mass is 10.1. The van der Waals surface area contributed by atoms with Crippen LogP contribution >= 0.6 is 0 Å². The Balaban J connectivity index is 1.31. The molecular formula is C22H21N9O3. The van der Waals surface area contributed by atoms with E-state index in [-0.39, 0.29) is 6.61 Å². The number of tetrazole rings is 1. The van der Waals surface area contributed by atoms with Crippen LogP contribution < -0.4 is 9.47 Å². The molecular weight excluding hydrogens is 438 g/mol. The second-order valence-corrected chi connectivity index (χ2v) is 7.46. The van der Waals surface area contributed by atoms with Crippen LogP contribution in [0.15, 0.2) is 53.3 Å². The molecule has 0 aliphatic rings. The van der Waals surface area contributed by atoms with Crippen LogP contribution in [0.3, 0.4) is 0 Å². The quantitative estimate of drug-likeness (QED) is 0.341. The van der Waals surface area contributed by atoms with Crippen LogP contribution in [0.1, 0.15) is 17.1 Å². The van der Waals surface area contributed by atoms with Crippen LogP contribution in [-0.2, 0) is 20.2 Å². The highest BCUT2D eigenvalue weighted by molar-refractivity contribution is 5.61. The minimum Gasteiger partial charge on any atom is -0.486 e. The molecule has 5 rings (SSSR count). The molecule has 0 radical (unpaired) electrons. The zero-order valence-corrected chi connectivity index (χ0v) is 18.8. The molecule has 0 fully saturated rings. The largest absolute Gasteiger partial charge is 0.486 e. The van der Waals surface area contributed by atoms with Gasteiger partial charge in [0.15, 0.2) is 0 Å². The first-order chi connectivity index (χ1) is 16.6. The van der Waals surface area contributed by atoms with Crippen LogP contribution in [-0.4, -0.2) is 52.2 Å². The van der Waals surface area contributed by atoms with Gasteiger partial charge in [0.2, 0.25) is 11.7 Å². The monoisotopic (exact) mass is 459 g/mol. The number of hydrogen-bond acceptors (Lipinski definition) is 10. The first-order valence-electron chi connectivity index (χ1n) is 10.4. The molecule has 12 heteroatoms. The van der Waals surface area contributed by atoms with Crippen molar-refractivity contribution in [2.24, 2.45) is 7.05 Å². The van der Waals surface area contributed by atoms with Gasteiger partial charge in [0.25, 0.3) is 5.89 Å². The molecule has 5 aromatic rings. The molecule has 0 spiro atoms. The van der Waals surface area contributed by atoms with Crippen molar-refractivity contribution in [3.63, 3.8) is 0 Å². The third-order valence-electron chi connectivity index (χ3n) is 5.27. The number of ether oxygens (including phenoxy) is 2. The topological polar surface area (TPSA) is 132 Å². The number of methoxy groups -OCH3 is 1. The maximum absolute atomic E-state index is 5.86.